The van der Waals surface area contributed by atoms with Gasteiger partial charge in [0.25, 0.3) is 0 Å². The Kier molecular flexibility index (Phi) is 7.29. The number of rotatable bonds is 11. The molecular formula is C19H29NO4S. The van der Waals surface area contributed by atoms with E-state index in [4.69, 9.17) is 4.18 Å². The summed E-state index contributed by atoms with van der Waals surface area (Å²) in [5.41, 5.74) is 0.995. The summed E-state index contributed by atoms with van der Waals surface area (Å²) in [6.07, 6.45) is 7.19. The van der Waals surface area contributed by atoms with Crippen LogP contribution in [0.4, 0.5) is 0 Å². The highest BCUT2D eigenvalue weighted by atomic mass is 32.2. The lowest BCUT2D eigenvalue weighted by molar-refractivity contribution is -0.132. The van der Waals surface area contributed by atoms with E-state index in [-0.39, 0.29) is 11.7 Å². The molecule has 1 aromatic carbocycles. The van der Waals surface area contributed by atoms with Crippen LogP contribution in [0.5, 0.6) is 5.75 Å². The lowest BCUT2D eigenvalue weighted by Gasteiger charge is -2.23. The van der Waals surface area contributed by atoms with Crippen LogP contribution in [0, 0.1) is 0 Å². The van der Waals surface area contributed by atoms with Crippen molar-refractivity contribution in [2.45, 2.75) is 71.4 Å². The van der Waals surface area contributed by atoms with Crippen molar-refractivity contribution in [2.75, 3.05) is 5.75 Å². The Balaban J connectivity index is 1.92. The molecule has 5 nitrogen and oxygen atoms in total. The molecule has 1 fully saturated rings. The van der Waals surface area contributed by atoms with Crippen molar-refractivity contribution in [3.63, 3.8) is 0 Å². The monoisotopic (exact) mass is 367 g/mol. The molecule has 0 saturated heterocycles. The average Bonchev–Trinajstić information content (AvgIpc) is 3.42. The van der Waals surface area contributed by atoms with E-state index < -0.39 is 10.1 Å². The first kappa shape index (κ1) is 19.8. The van der Waals surface area contributed by atoms with E-state index in [1.54, 1.807) is 19.1 Å². The molecule has 0 unspecified atom stereocenters. The fraction of sp³-hybridized carbons (Fsp3) is 0.632. The summed E-state index contributed by atoms with van der Waals surface area (Å²) >= 11 is 0. The topological polar surface area (TPSA) is 63.7 Å². The van der Waals surface area contributed by atoms with E-state index in [1.807, 2.05) is 17.0 Å². The maximum Gasteiger partial charge on any atom is 0.308 e. The van der Waals surface area contributed by atoms with Gasteiger partial charge in [0.15, 0.2) is 0 Å². The molecule has 0 N–H and O–H groups in total. The summed E-state index contributed by atoms with van der Waals surface area (Å²) in [6.45, 7) is 4.29. The third-order valence-corrected chi connectivity index (χ3v) is 5.56. The van der Waals surface area contributed by atoms with Crippen molar-refractivity contribution in [2.24, 2.45) is 0 Å². The molecular weight excluding hydrogens is 338 g/mol. The maximum atomic E-state index is 12.5. The number of nitrogens with zero attached hydrogens (tertiary/aromatic N) is 1. The molecule has 2 rings (SSSR count). The summed E-state index contributed by atoms with van der Waals surface area (Å²) in [6, 6.07) is 7.34. The zero-order chi connectivity index (χ0) is 18.3. The van der Waals surface area contributed by atoms with Gasteiger partial charge in [0.2, 0.25) is 5.91 Å². The normalized spacial score (nSPS) is 14.3. The van der Waals surface area contributed by atoms with Crippen LogP contribution in [0.15, 0.2) is 24.3 Å². The van der Waals surface area contributed by atoms with Crippen LogP contribution in [0.3, 0.4) is 0 Å². The van der Waals surface area contributed by atoms with Gasteiger partial charge in [-0.15, -0.1) is 0 Å². The highest BCUT2D eigenvalue weighted by Crippen LogP contribution is 2.29. The molecule has 0 atom stereocenters. The summed E-state index contributed by atoms with van der Waals surface area (Å²) < 4.78 is 28.0. The first-order valence-electron chi connectivity index (χ1n) is 9.25. The molecule has 0 radical (unpaired) electrons. The predicted octanol–water partition coefficient (Wildman–Crippen LogP) is 3.88. The van der Waals surface area contributed by atoms with Gasteiger partial charge in [-0.2, -0.15) is 8.42 Å². The minimum Gasteiger partial charge on any atom is -0.382 e. The molecule has 0 aromatic heterocycles. The number of hydrogen-bond donors (Lipinski definition) is 0. The second kappa shape index (κ2) is 9.22. The van der Waals surface area contributed by atoms with Crippen LogP contribution in [-0.2, 0) is 21.5 Å². The molecule has 6 heteroatoms. The van der Waals surface area contributed by atoms with Gasteiger partial charge in [-0.25, -0.2) is 0 Å². The third-order valence-electron chi connectivity index (χ3n) is 4.41. The van der Waals surface area contributed by atoms with Gasteiger partial charge in [-0.05, 0) is 43.9 Å². The van der Waals surface area contributed by atoms with Crippen molar-refractivity contribution in [3.8, 4) is 5.75 Å². The van der Waals surface area contributed by atoms with Crippen LogP contribution in [0.25, 0.3) is 0 Å². The smallest absolute Gasteiger partial charge is 0.308 e. The molecule has 1 aliphatic rings. The minimum absolute atomic E-state index is 0.0588. The zero-order valence-corrected chi connectivity index (χ0v) is 16.1. The molecule has 140 valence electrons. The van der Waals surface area contributed by atoms with Gasteiger partial charge in [0.05, 0.1) is 5.75 Å². The van der Waals surface area contributed by atoms with Gasteiger partial charge in [0.1, 0.15) is 5.75 Å². The molecule has 0 heterocycles. The van der Waals surface area contributed by atoms with Crippen LogP contribution in [0.1, 0.15) is 64.4 Å². The molecule has 1 aromatic rings. The lowest BCUT2D eigenvalue weighted by atomic mass is 10.1. The standard InChI is InChI=1S/C19H29NO4S/c1-3-5-6-7-8-19(21)20(17-11-12-17)15-16-9-13-18(14-10-16)24-25(22,23)4-2/h9-10,13-14,17H,3-8,11-12,15H2,1-2H3. The second-order valence-corrected chi connectivity index (χ2v) is 8.50. The Morgan fingerprint density at radius 2 is 1.80 bits per heavy atom. The molecule has 0 spiro atoms. The SMILES string of the molecule is CCCCCCC(=O)N(Cc1ccc(OS(=O)(=O)CC)cc1)C1CC1. The van der Waals surface area contributed by atoms with Crippen LogP contribution < -0.4 is 4.18 Å². The van der Waals surface area contributed by atoms with Crippen LogP contribution >= 0.6 is 0 Å². The fourth-order valence-corrected chi connectivity index (χ4v) is 3.23. The van der Waals surface area contributed by atoms with Crippen molar-refractivity contribution in [3.05, 3.63) is 29.8 Å². The summed E-state index contributed by atoms with van der Waals surface area (Å²) in [5, 5.41) is 0. The van der Waals surface area contributed by atoms with Crippen LogP contribution in [0.2, 0.25) is 0 Å². The second-order valence-electron chi connectivity index (χ2n) is 6.64. The lowest BCUT2D eigenvalue weighted by Crippen LogP contribution is -2.32. The Labute approximate surface area is 151 Å². The van der Waals surface area contributed by atoms with E-state index in [0.29, 0.717) is 24.8 Å². The Bertz CT molecular complexity index is 651. The number of unbranched alkanes of at least 4 members (excludes halogenated alkanes) is 3. The summed E-state index contributed by atoms with van der Waals surface area (Å²) in [7, 11) is -3.50. The van der Waals surface area contributed by atoms with Crippen molar-refractivity contribution < 1.29 is 17.4 Å². The Morgan fingerprint density at radius 1 is 1.12 bits per heavy atom. The van der Waals surface area contributed by atoms with Gasteiger partial charge >= 0.3 is 10.1 Å². The van der Waals surface area contributed by atoms with Gasteiger partial charge in [0, 0.05) is 19.0 Å². The van der Waals surface area contributed by atoms with Gasteiger partial charge in [-0.3, -0.25) is 4.79 Å². The maximum absolute atomic E-state index is 12.5. The largest absolute Gasteiger partial charge is 0.382 e. The quantitative estimate of drug-likeness (QED) is 0.440. The average molecular weight is 368 g/mol. The van der Waals surface area contributed by atoms with E-state index in [1.165, 1.54) is 12.8 Å². The molecule has 1 aliphatic carbocycles. The van der Waals surface area contributed by atoms with E-state index >= 15 is 0 Å². The fourth-order valence-electron chi connectivity index (χ4n) is 2.71. The molecule has 0 bridgehead atoms. The molecule has 25 heavy (non-hydrogen) atoms. The van der Waals surface area contributed by atoms with Crippen molar-refractivity contribution >= 4 is 16.0 Å². The number of hydrogen-bond acceptors (Lipinski definition) is 4. The van der Waals surface area contributed by atoms with E-state index in [9.17, 15) is 13.2 Å². The Hall–Kier alpha value is -1.56. The zero-order valence-electron chi connectivity index (χ0n) is 15.2. The number of amides is 1. The summed E-state index contributed by atoms with van der Waals surface area (Å²) in [4.78, 5) is 14.5. The number of carbonyl (C=O) groups excluding carboxylic acids is 1. The first-order valence-corrected chi connectivity index (χ1v) is 10.8. The van der Waals surface area contributed by atoms with Crippen LogP contribution in [-0.4, -0.2) is 31.0 Å². The molecule has 1 amide bonds. The number of carbonyl (C=O) groups is 1. The van der Waals surface area contributed by atoms with Crippen molar-refractivity contribution in [1.29, 1.82) is 0 Å². The van der Waals surface area contributed by atoms with E-state index in [2.05, 4.69) is 6.92 Å². The highest BCUT2D eigenvalue weighted by Gasteiger charge is 2.32. The Morgan fingerprint density at radius 3 is 2.36 bits per heavy atom. The minimum atomic E-state index is -3.50. The predicted molar refractivity (Wildman–Crippen MR) is 98.9 cm³/mol. The third kappa shape index (κ3) is 6.69. The van der Waals surface area contributed by atoms with Gasteiger partial charge in [-0.1, -0.05) is 38.3 Å². The van der Waals surface area contributed by atoms with E-state index in [0.717, 1.165) is 31.2 Å². The van der Waals surface area contributed by atoms with Gasteiger partial charge < -0.3 is 9.08 Å². The summed E-state index contributed by atoms with van der Waals surface area (Å²) in [5.74, 6) is 0.485. The highest BCUT2D eigenvalue weighted by molar-refractivity contribution is 7.87. The van der Waals surface area contributed by atoms with Crippen molar-refractivity contribution in [1.82, 2.24) is 4.90 Å². The molecule has 1 saturated carbocycles. The molecule has 0 aliphatic heterocycles. The first-order chi connectivity index (χ1) is 11.9. The number of benzene rings is 1.